The quantitative estimate of drug-likeness (QED) is 0.640. The van der Waals surface area contributed by atoms with Crippen molar-refractivity contribution in [2.24, 2.45) is 10.8 Å². The second kappa shape index (κ2) is 9.45. The third kappa shape index (κ3) is 6.17. The number of piperazine rings is 1. The first-order valence-corrected chi connectivity index (χ1v) is 10.8. The van der Waals surface area contributed by atoms with Crippen molar-refractivity contribution in [2.45, 2.75) is 23.5 Å². The number of rotatable bonds is 7. The van der Waals surface area contributed by atoms with Crippen LogP contribution in [0.1, 0.15) is 5.56 Å². The second-order valence-corrected chi connectivity index (χ2v) is 8.59. The van der Waals surface area contributed by atoms with E-state index in [2.05, 4.69) is 19.6 Å². The van der Waals surface area contributed by atoms with Crippen LogP contribution in [-0.2, 0) is 10.5 Å². The lowest BCUT2D eigenvalue weighted by atomic mass is 10.2. The first-order valence-electron chi connectivity index (χ1n) is 8.89. The summed E-state index contributed by atoms with van der Waals surface area (Å²) in [5.74, 6) is -0.172. The summed E-state index contributed by atoms with van der Waals surface area (Å²) in [6.45, 7) is 3.23. The van der Waals surface area contributed by atoms with Gasteiger partial charge in [0.2, 0.25) is 5.91 Å². The summed E-state index contributed by atoms with van der Waals surface area (Å²) < 4.78 is 42.4. The Bertz CT molecular complexity index is 727. The first-order chi connectivity index (χ1) is 13.7. The molecule has 2 heterocycles. The van der Waals surface area contributed by atoms with Crippen molar-refractivity contribution in [3.05, 3.63) is 29.8 Å². The molecular weight excluding hydrogens is 427 g/mol. The fourth-order valence-corrected chi connectivity index (χ4v) is 5.22. The normalized spacial score (nSPS) is 22.1. The average Bonchev–Trinajstić information content (AvgIpc) is 3.09. The van der Waals surface area contributed by atoms with Crippen molar-refractivity contribution >= 4 is 35.2 Å². The van der Waals surface area contributed by atoms with Gasteiger partial charge in [-0.15, -0.1) is 13.2 Å². The van der Waals surface area contributed by atoms with E-state index in [0.717, 1.165) is 31.7 Å². The summed E-state index contributed by atoms with van der Waals surface area (Å²) >= 11 is 2.82. The molecule has 1 amide bonds. The van der Waals surface area contributed by atoms with E-state index in [1.54, 1.807) is 22.1 Å². The molecule has 0 saturated carbocycles. The van der Waals surface area contributed by atoms with Crippen LogP contribution in [0.15, 0.2) is 29.4 Å². The first kappa shape index (κ1) is 22.1. The number of carbonyl (C=O) groups is 1. The summed E-state index contributed by atoms with van der Waals surface area (Å²) in [5, 5.41) is 4.07. The molecule has 160 valence electrons. The molecule has 2 atom stereocenters. The Morgan fingerprint density at radius 2 is 1.97 bits per heavy atom. The number of hydrazone groups is 1. The number of halogens is 3. The zero-order chi connectivity index (χ0) is 21.0. The second-order valence-electron chi connectivity index (χ2n) is 6.70. The fourth-order valence-electron chi connectivity index (χ4n) is 3.08. The highest BCUT2D eigenvalue weighted by Crippen LogP contribution is 2.34. The molecule has 0 radical (unpaired) electrons. The molecular formula is C17H22F3N5O2S2. The lowest BCUT2D eigenvalue weighted by Crippen LogP contribution is -2.58. The van der Waals surface area contributed by atoms with Crippen LogP contribution in [0.2, 0.25) is 0 Å². The number of benzene rings is 1. The Labute approximate surface area is 175 Å². The highest BCUT2D eigenvalue weighted by molar-refractivity contribution is 8.13. The molecule has 12 heteroatoms. The van der Waals surface area contributed by atoms with Crippen LogP contribution in [0.3, 0.4) is 0 Å². The number of nitrogens with zero attached hydrogens (tertiary/aromatic N) is 4. The van der Waals surface area contributed by atoms with Crippen LogP contribution in [0.25, 0.3) is 0 Å². The predicted octanol–water partition coefficient (Wildman–Crippen LogP) is 2.15. The number of thioether (sulfide) groups is 1. The Morgan fingerprint density at radius 1 is 1.31 bits per heavy atom. The van der Waals surface area contributed by atoms with Crippen LogP contribution >= 0.6 is 23.7 Å². The van der Waals surface area contributed by atoms with E-state index < -0.39 is 18.3 Å². The molecule has 1 aromatic rings. The van der Waals surface area contributed by atoms with Gasteiger partial charge in [0.05, 0.1) is 5.55 Å². The smallest absolute Gasteiger partial charge is 0.406 e. The number of nitrogens with two attached hydrogens (primary N) is 1. The monoisotopic (exact) mass is 449 g/mol. The number of likely N-dealkylation sites (N-methyl/N-ethyl adjacent to an activating group) is 1. The maximum absolute atomic E-state index is 12.3. The average molecular weight is 450 g/mol. The summed E-state index contributed by atoms with van der Waals surface area (Å²) in [4.78, 5) is 16.5. The number of alkyl halides is 3. The minimum absolute atomic E-state index is 0.256. The highest BCUT2D eigenvalue weighted by atomic mass is 32.2. The van der Waals surface area contributed by atoms with Gasteiger partial charge in [0.15, 0.2) is 0 Å². The number of primary amides is 1. The van der Waals surface area contributed by atoms with Crippen molar-refractivity contribution in [3.8, 4) is 5.75 Å². The van der Waals surface area contributed by atoms with Crippen LogP contribution in [-0.4, -0.2) is 76.7 Å². The zero-order valence-corrected chi connectivity index (χ0v) is 17.3. The zero-order valence-electron chi connectivity index (χ0n) is 15.7. The Balaban J connectivity index is 1.59. The van der Waals surface area contributed by atoms with E-state index in [1.165, 1.54) is 35.8 Å². The Morgan fingerprint density at radius 3 is 2.55 bits per heavy atom. The van der Waals surface area contributed by atoms with E-state index in [0.29, 0.717) is 5.75 Å². The number of hydrogen-bond donors (Lipinski definition) is 1. The number of ether oxygens (including phenoxy) is 1. The van der Waals surface area contributed by atoms with Gasteiger partial charge in [-0.3, -0.25) is 9.69 Å². The van der Waals surface area contributed by atoms with E-state index >= 15 is 0 Å². The number of amides is 1. The van der Waals surface area contributed by atoms with E-state index in [-0.39, 0.29) is 11.1 Å². The molecule has 1 saturated heterocycles. The van der Waals surface area contributed by atoms with Gasteiger partial charge in [-0.2, -0.15) is 5.10 Å². The Kier molecular flexibility index (Phi) is 7.19. The van der Waals surface area contributed by atoms with Gasteiger partial charge in [0, 0.05) is 31.9 Å². The molecule has 2 aliphatic rings. The largest absolute Gasteiger partial charge is 0.573 e. The van der Waals surface area contributed by atoms with Gasteiger partial charge < -0.3 is 15.4 Å². The van der Waals surface area contributed by atoms with Crippen molar-refractivity contribution in [1.82, 2.24) is 14.2 Å². The molecule has 7 nitrogen and oxygen atoms in total. The van der Waals surface area contributed by atoms with E-state index in [9.17, 15) is 18.0 Å². The van der Waals surface area contributed by atoms with Crippen LogP contribution in [0.4, 0.5) is 13.2 Å². The van der Waals surface area contributed by atoms with Gasteiger partial charge in [0.25, 0.3) is 0 Å². The van der Waals surface area contributed by atoms with Gasteiger partial charge >= 0.3 is 6.36 Å². The van der Waals surface area contributed by atoms with Crippen LogP contribution in [0.5, 0.6) is 5.75 Å². The van der Waals surface area contributed by atoms with Crippen molar-refractivity contribution in [3.63, 3.8) is 0 Å². The van der Waals surface area contributed by atoms with Crippen LogP contribution in [0, 0.1) is 0 Å². The summed E-state index contributed by atoms with van der Waals surface area (Å²) in [7, 11) is 2.04. The standard InChI is InChI=1S/C17H22F3N5O2S2/c1-23-6-8-24(9-7-23)14(15(21)26)16-25(22-11-28-16)29-10-12-2-4-13(5-3-12)27-17(18,19)20/h2-5,11,14,16H,6-10H2,1H3,(H2,21,26). The molecule has 0 spiro atoms. The van der Waals surface area contributed by atoms with Crippen LogP contribution < -0.4 is 10.5 Å². The molecule has 3 rings (SSSR count). The minimum Gasteiger partial charge on any atom is -0.406 e. The molecule has 2 unspecified atom stereocenters. The fraction of sp³-hybridized carbons (Fsp3) is 0.529. The molecule has 2 aliphatic heterocycles. The highest BCUT2D eigenvalue weighted by Gasteiger charge is 2.39. The molecule has 0 aliphatic carbocycles. The summed E-state index contributed by atoms with van der Waals surface area (Å²) in [6, 6.07) is 5.22. The molecule has 29 heavy (non-hydrogen) atoms. The minimum atomic E-state index is -4.71. The third-order valence-electron chi connectivity index (χ3n) is 4.59. The SMILES string of the molecule is CN1CCN(C(C(N)=O)C2SC=NN2SCc2ccc(OC(F)(F)F)cc2)CC1. The summed E-state index contributed by atoms with van der Waals surface area (Å²) in [5.41, 5.74) is 8.21. The van der Waals surface area contributed by atoms with E-state index in [4.69, 9.17) is 5.73 Å². The summed E-state index contributed by atoms with van der Waals surface area (Å²) in [6.07, 6.45) is -4.71. The van der Waals surface area contributed by atoms with Crippen molar-refractivity contribution < 1.29 is 22.7 Å². The maximum atomic E-state index is 12.3. The van der Waals surface area contributed by atoms with Crippen molar-refractivity contribution in [2.75, 3.05) is 33.2 Å². The lowest BCUT2D eigenvalue weighted by molar-refractivity contribution is -0.274. The van der Waals surface area contributed by atoms with E-state index in [1.807, 2.05) is 7.05 Å². The Hall–Kier alpha value is -1.63. The topological polar surface area (TPSA) is 74.4 Å². The van der Waals surface area contributed by atoms with Gasteiger partial charge in [-0.1, -0.05) is 23.9 Å². The maximum Gasteiger partial charge on any atom is 0.573 e. The third-order valence-corrected chi connectivity index (χ3v) is 6.73. The lowest BCUT2D eigenvalue weighted by Gasteiger charge is -2.39. The van der Waals surface area contributed by atoms with Gasteiger partial charge in [0.1, 0.15) is 17.2 Å². The molecule has 1 aromatic carbocycles. The molecule has 0 bridgehead atoms. The van der Waals surface area contributed by atoms with Crippen molar-refractivity contribution in [1.29, 1.82) is 0 Å². The molecule has 2 N–H and O–H groups in total. The van der Waals surface area contributed by atoms with Gasteiger partial charge in [-0.05, 0) is 36.7 Å². The number of carbonyl (C=O) groups excluding carboxylic acids is 1. The predicted molar refractivity (Wildman–Crippen MR) is 108 cm³/mol. The number of hydrogen-bond acceptors (Lipinski definition) is 8. The molecule has 0 aromatic heterocycles. The van der Waals surface area contributed by atoms with Gasteiger partial charge in [-0.25, -0.2) is 4.41 Å². The molecule has 1 fully saturated rings.